The van der Waals surface area contributed by atoms with Crippen molar-refractivity contribution in [3.8, 4) is 6.19 Å². The van der Waals surface area contributed by atoms with Gasteiger partial charge in [-0.3, -0.25) is 0 Å². The number of nitriles is 1. The van der Waals surface area contributed by atoms with Crippen molar-refractivity contribution in [1.29, 1.82) is 5.26 Å². The molecule has 86 valence electrons. The SMILES string of the molecule is CCCN(CC(F)(F)F)C(=NC#N)SC. The molecule has 0 heterocycles. The number of rotatable bonds is 3. The van der Waals surface area contributed by atoms with Crippen LogP contribution < -0.4 is 0 Å². The molecule has 0 radical (unpaired) electrons. The summed E-state index contributed by atoms with van der Waals surface area (Å²) in [5, 5.41) is 8.43. The van der Waals surface area contributed by atoms with Crippen molar-refractivity contribution in [3.63, 3.8) is 0 Å². The van der Waals surface area contributed by atoms with Crippen molar-refractivity contribution in [3.05, 3.63) is 0 Å². The minimum absolute atomic E-state index is 0.108. The Morgan fingerprint density at radius 3 is 2.47 bits per heavy atom. The summed E-state index contributed by atoms with van der Waals surface area (Å²) in [7, 11) is 0. The lowest BCUT2D eigenvalue weighted by molar-refractivity contribution is -0.137. The molecule has 0 aromatic rings. The average Bonchev–Trinajstić information content (AvgIpc) is 2.11. The summed E-state index contributed by atoms with van der Waals surface area (Å²) in [4.78, 5) is 4.42. The van der Waals surface area contributed by atoms with E-state index >= 15 is 0 Å². The van der Waals surface area contributed by atoms with Crippen LogP contribution in [0.25, 0.3) is 0 Å². The molecule has 0 saturated carbocycles. The van der Waals surface area contributed by atoms with Crippen LogP contribution in [0.15, 0.2) is 4.99 Å². The summed E-state index contributed by atoms with van der Waals surface area (Å²) in [6.45, 7) is 0.941. The summed E-state index contributed by atoms with van der Waals surface area (Å²) in [6, 6.07) is 0. The van der Waals surface area contributed by atoms with Crippen molar-refractivity contribution < 1.29 is 13.2 Å². The van der Waals surface area contributed by atoms with Crippen molar-refractivity contribution in [2.45, 2.75) is 19.5 Å². The van der Waals surface area contributed by atoms with E-state index in [1.165, 1.54) is 6.19 Å². The van der Waals surface area contributed by atoms with Gasteiger partial charge in [0.1, 0.15) is 6.54 Å². The predicted octanol–water partition coefficient (Wildman–Crippen LogP) is 2.46. The highest BCUT2D eigenvalue weighted by molar-refractivity contribution is 8.13. The third-order valence-electron chi connectivity index (χ3n) is 1.46. The molecule has 7 heteroatoms. The maximum atomic E-state index is 12.2. The van der Waals surface area contributed by atoms with E-state index in [-0.39, 0.29) is 11.7 Å². The maximum absolute atomic E-state index is 12.2. The smallest absolute Gasteiger partial charge is 0.341 e. The van der Waals surface area contributed by atoms with E-state index in [9.17, 15) is 13.2 Å². The van der Waals surface area contributed by atoms with Crippen LogP contribution in [0.3, 0.4) is 0 Å². The van der Waals surface area contributed by atoms with Crippen LogP contribution in [0.4, 0.5) is 13.2 Å². The fraction of sp³-hybridized carbons (Fsp3) is 0.750. The molecular formula is C8H12F3N3S. The lowest BCUT2D eigenvalue weighted by Gasteiger charge is -2.24. The fourth-order valence-electron chi connectivity index (χ4n) is 1.02. The van der Waals surface area contributed by atoms with Gasteiger partial charge in [0.2, 0.25) is 6.19 Å². The molecule has 0 fully saturated rings. The molecule has 0 aliphatic heterocycles. The van der Waals surface area contributed by atoms with Crippen molar-refractivity contribution >= 4 is 16.9 Å². The van der Waals surface area contributed by atoms with Gasteiger partial charge in [-0.05, 0) is 12.7 Å². The Kier molecular flexibility index (Phi) is 6.17. The molecule has 0 aromatic carbocycles. The first-order valence-electron chi connectivity index (χ1n) is 4.27. The first-order chi connectivity index (χ1) is 6.94. The Morgan fingerprint density at radius 1 is 1.53 bits per heavy atom. The van der Waals surface area contributed by atoms with E-state index in [2.05, 4.69) is 4.99 Å². The third kappa shape index (κ3) is 6.23. The number of aliphatic imine (C=N–C) groups is 1. The van der Waals surface area contributed by atoms with Gasteiger partial charge in [0.25, 0.3) is 0 Å². The molecule has 0 N–H and O–H groups in total. The second-order valence-corrected chi connectivity index (χ2v) is 3.51. The van der Waals surface area contributed by atoms with E-state index < -0.39 is 12.7 Å². The Balaban J connectivity index is 4.64. The van der Waals surface area contributed by atoms with E-state index in [0.29, 0.717) is 6.42 Å². The lowest BCUT2D eigenvalue weighted by Crippen LogP contribution is -2.38. The fourth-order valence-corrected chi connectivity index (χ4v) is 1.56. The topological polar surface area (TPSA) is 39.4 Å². The van der Waals surface area contributed by atoms with Crippen molar-refractivity contribution in [2.24, 2.45) is 4.99 Å². The van der Waals surface area contributed by atoms with Gasteiger partial charge in [0.15, 0.2) is 5.17 Å². The third-order valence-corrected chi connectivity index (χ3v) is 2.18. The summed E-state index contributed by atoms with van der Waals surface area (Å²) < 4.78 is 36.5. The lowest BCUT2D eigenvalue weighted by atomic mass is 10.4. The van der Waals surface area contributed by atoms with Crippen LogP contribution in [0.1, 0.15) is 13.3 Å². The van der Waals surface area contributed by atoms with Crippen LogP contribution in [-0.2, 0) is 0 Å². The summed E-state index contributed by atoms with van der Waals surface area (Å²) >= 11 is 1.04. The zero-order valence-corrected chi connectivity index (χ0v) is 9.32. The molecule has 0 spiro atoms. The van der Waals surface area contributed by atoms with Crippen molar-refractivity contribution in [1.82, 2.24) is 4.90 Å². The molecule has 0 aliphatic carbocycles. The molecule has 0 saturated heterocycles. The number of halogens is 3. The number of alkyl halides is 3. The van der Waals surface area contributed by atoms with Gasteiger partial charge >= 0.3 is 6.18 Å². The van der Waals surface area contributed by atoms with Crippen LogP contribution in [0.5, 0.6) is 0 Å². The summed E-state index contributed by atoms with van der Waals surface area (Å²) in [6.07, 6.45) is -0.612. The Morgan fingerprint density at radius 2 is 2.13 bits per heavy atom. The second-order valence-electron chi connectivity index (χ2n) is 2.74. The Hall–Kier alpha value is -0.900. The van der Waals surface area contributed by atoms with Crippen LogP contribution in [-0.4, -0.2) is 35.6 Å². The number of nitrogens with zero attached hydrogens (tertiary/aromatic N) is 3. The summed E-state index contributed by atoms with van der Waals surface area (Å²) in [5.41, 5.74) is 0. The van der Waals surface area contributed by atoms with E-state index in [1.807, 2.05) is 0 Å². The van der Waals surface area contributed by atoms with Gasteiger partial charge in [0.05, 0.1) is 0 Å². The van der Waals surface area contributed by atoms with E-state index in [1.54, 1.807) is 13.2 Å². The molecule has 0 atom stereocenters. The molecule has 0 aliphatic rings. The zero-order valence-electron chi connectivity index (χ0n) is 8.51. The molecule has 15 heavy (non-hydrogen) atoms. The standard InChI is InChI=1S/C8H12F3N3S/c1-3-4-14(5-8(9,10)11)7(15-2)13-6-12/h3-5H2,1-2H3. The van der Waals surface area contributed by atoms with Gasteiger partial charge in [-0.2, -0.15) is 18.4 Å². The van der Waals surface area contributed by atoms with Gasteiger partial charge in [-0.25, -0.2) is 0 Å². The van der Waals surface area contributed by atoms with Gasteiger partial charge in [0, 0.05) is 6.54 Å². The quantitative estimate of drug-likeness (QED) is 0.431. The van der Waals surface area contributed by atoms with Crippen LogP contribution in [0.2, 0.25) is 0 Å². The molecule has 0 amide bonds. The monoisotopic (exact) mass is 239 g/mol. The minimum Gasteiger partial charge on any atom is -0.341 e. The molecule has 0 unspecified atom stereocenters. The van der Waals surface area contributed by atoms with Crippen molar-refractivity contribution in [2.75, 3.05) is 19.3 Å². The van der Waals surface area contributed by atoms with Crippen LogP contribution in [0, 0.1) is 11.5 Å². The molecule has 3 nitrogen and oxygen atoms in total. The normalized spacial score (nSPS) is 12.4. The number of hydrogen-bond donors (Lipinski definition) is 0. The van der Waals surface area contributed by atoms with Crippen LogP contribution >= 0.6 is 11.8 Å². The highest BCUT2D eigenvalue weighted by Crippen LogP contribution is 2.19. The van der Waals surface area contributed by atoms with Gasteiger partial charge in [-0.15, -0.1) is 4.99 Å². The molecular weight excluding hydrogens is 227 g/mol. The van der Waals surface area contributed by atoms with Gasteiger partial charge < -0.3 is 4.90 Å². The maximum Gasteiger partial charge on any atom is 0.405 e. The number of thioether (sulfide) groups is 1. The second kappa shape index (κ2) is 6.56. The largest absolute Gasteiger partial charge is 0.405 e. The van der Waals surface area contributed by atoms with Gasteiger partial charge in [-0.1, -0.05) is 18.7 Å². The molecule has 0 rings (SSSR count). The van der Waals surface area contributed by atoms with E-state index in [0.717, 1.165) is 16.7 Å². The Labute approximate surface area is 91.0 Å². The molecule has 0 aromatic heterocycles. The average molecular weight is 239 g/mol. The highest BCUT2D eigenvalue weighted by atomic mass is 32.2. The molecule has 0 bridgehead atoms. The summed E-state index contributed by atoms with van der Waals surface area (Å²) in [5.74, 6) is 0. The number of amidine groups is 1. The zero-order chi connectivity index (χ0) is 11.9. The first-order valence-corrected chi connectivity index (χ1v) is 5.49. The highest BCUT2D eigenvalue weighted by Gasteiger charge is 2.31. The predicted molar refractivity (Wildman–Crippen MR) is 54.5 cm³/mol. The number of hydrogen-bond acceptors (Lipinski definition) is 3. The Bertz CT molecular complexity index is 257. The minimum atomic E-state index is -4.28. The van der Waals surface area contributed by atoms with E-state index in [4.69, 9.17) is 5.26 Å². The first kappa shape index (κ1) is 14.1.